The zero-order valence-corrected chi connectivity index (χ0v) is 13.0. The van der Waals surface area contributed by atoms with Gasteiger partial charge in [0.2, 0.25) is 0 Å². The Morgan fingerprint density at radius 2 is 2.23 bits per heavy atom. The SMILES string of the molecule is CC(C)c1nc(C(=O)Nc2cccc(-c3ncn[nH]3)c2)cs1. The van der Waals surface area contributed by atoms with E-state index in [1.807, 2.05) is 24.3 Å². The molecular weight excluding hydrogens is 298 g/mol. The lowest BCUT2D eigenvalue weighted by Crippen LogP contribution is -2.12. The molecule has 2 aromatic heterocycles. The lowest BCUT2D eigenvalue weighted by molar-refractivity contribution is 0.102. The maximum Gasteiger partial charge on any atom is 0.275 e. The molecule has 0 aliphatic heterocycles. The van der Waals surface area contributed by atoms with Crippen LogP contribution in [0.25, 0.3) is 11.4 Å². The van der Waals surface area contributed by atoms with Crippen LogP contribution in [0.4, 0.5) is 5.69 Å². The minimum absolute atomic E-state index is 0.210. The number of H-pyrrole nitrogens is 1. The zero-order chi connectivity index (χ0) is 15.5. The van der Waals surface area contributed by atoms with Gasteiger partial charge in [-0.3, -0.25) is 9.89 Å². The van der Waals surface area contributed by atoms with Crippen molar-refractivity contribution in [2.24, 2.45) is 0 Å². The van der Waals surface area contributed by atoms with E-state index in [0.717, 1.165) is 10.6 Å². The molecule has 0 bridgehead atoms. The fourth-order valence-corrected chi connectivity index (χ4v) is 2.76. The molecule has 2 heterocycles. The predicted molar refractivity (Wildman–Crippen MR) is 86.0 cm³/mol. The van der Waals surface area contributed by atoms with Gasteiger partial charge in [-0.15, -0.1) is 11.3 Å². The fourth-order valence-electron chi connectivity index (χ4n) is 1.94. The second kappa shape index (κ2) is 6.07. The van der Waals surface area contributed by atoms with Gasteiger partial charge < -0.3 is 5.32 Å². The van der Waals surface area contributed by atoms with Gasteiger partial charge in [-0.05, 0) is 12.1 Å². The number of anilines is 1. The van der Waals surface area contributed by atoms with Crippen molar-refractivity contribution in [1.82, 2.24) is 20.2 Å². The second-order valence-electron chi connectivity index (χ2n) is 5.09. The number of hydrogen-bond acceptors (Lipinski definition) is 5. The Bertz CT molecular complexity index is 779. The highest BCUT2D eigenvalue weighted by molar-refractivity contribution is 7.09. The van der Waals surface area contributed by atoms with Gasteiger partial charge in [0, 0.05) is 22.5 Å². The molecule has 3 aromatic rings. The Morgan fingerprint density at radius 1 is 1.36 bits per heavy atom. The molecule has 0 radical (unpaired) electrons. The van der Waals surface area contributed by atoms with Crippen molar-refractivity contribution in [3.63, 3.8) is 0 Å². The summed E-state index contributed by atoms with van der Waals surface area (Å²) in [5, 5.41) is 12.2. The number of carbonyl (C=O) groups is 1. The number of aromatic amines is 1. The van der Waals surface area contributed by atoms with Gasteiger partial charge in [-0.1, -0.05) is 26.0 Å². The maximum absolute atomic E-state index is 12.2. The van der Waals surface area contributed by atoms with E-state index >= 15 is 0 Å². The first-order valence-electron chi connectivity index (χ1n) is 6.86. The summed E-state index contributed by atoms with van der Waals surface area (Å²) in [6.45, 7) is 4.11. The van der Waals surface area contributed by atoms with Crippen LogP contribution in [0.1, 0.15) is 35.3 Å². The molecule has 0 saturated heterocycles. The lowest BCUT2D eigenvalue weighted by atomic mass is 10.2. The highest BCUT2D eigenvalue weighted by atomic mass is 32.1. The van der Waals surface area contributed by atoms with Crippen molar-refractivity contribution in [3.8, 4) is 11.4 Å². The number of benzene rings is 1. The van der Waals surface area contributed by atoms with Gasteiger partial charge in [0.05, 0.1) is 5.01 Å². The average molecular weight is 313 g/mol. The van der Waals surface area contributed by atoms with E-state index in [2.05, 4.69) is 39.3 Å². The summed E-state index contributed by atoms with van der Waals surface area (Å²) in [5.41, 5.74) is 1.99. The zero-order valence-electron chi connectivity index (χ0n) is 12.2. The standard InChI is InChI=1S/C15H15N5OS/c1-9(2)15-19-12(7-22-15)14(21)18-11-5-3-4-10(6-11)13-16-8-17-20-13/h3-9H,1-2H3,(H,18,21)(H,16,17,20). The first kappa shape index (κ1) is 14.4. The smallest absolute Gasteiger partial charge is 0.275 e. The van der Waals surface area contributed by atoms with Crippen molar-refractivity contribution >= 4 is 22.9 Å². The third-order valence-corrected chi connectivity index (χ3v) is 4.20. The first-order valence-corrected chi connectivity index (χ1v) is 7.74. The molecule has 0 fully saturated rings. The van der Waals surface area contributed by atoms with E-state index in [-0.39, 0.29) is 5.91 Å². The summed E-state index contributed by atoms with van der Waals surface area (Å²) in [6.07, 6.45) is 1.45. The van der Waals surface area contributed by atoms with Gasteiger partial charge in [0.1, 0.15) is 12.0 Å². The normalized spacial score (nSPS) is 10.9. The van der Waals surface area contributed by atoms with Crippen LogP contribution in [0.5, 0.6) is 0 Å². The number of aromatic nitrogens is 4. The summed E-state index contributed by atoms with van der Waals surface area (Å²) in [5.74, 6) is 0.769. The molecule has 7 heteroatoms. The lowest BCUT2D eigenvalue weighted by Gasteiger charge is -2.05. The number of rotatable bonds is 4. The molecule has 0 atom stereocenters. The van der Waals surface area contributed by atoms with Crippen LogP contribution < -0.4 is 5.32 Å². The molecule has 3 rings (SSSR count). The van der Waals surface area contributed by atoms with Crippen molar-refractivity contribution < 1.29 is 4.79 Å². The number of nitrogens with one attached hydrogen (secondary N) is 2. The van der Waals surface area contributed by atoms with Gasteiger partial charge in [0.25, 0.3) is 5.91 Å². The summed E-state index contributed by atoms with van der Waals surface area (Å²) in [6, 6.07) is 7.42. The van der Waals surface area contributed by atoms with Crippen molar-refractivity contribution in [1.29, 1.82) is 0 Å². The minimum Gasteiger partial charge on any atom is -0.321 e. The molecule has 0 aliphatic carbocycles. The van der Waals surface area contributed by atoms with Gasteiger partial charge >= 0.3 is 0 Å². The molecule has 0 aliphatic rings. The average Bonchev–Trinajstić information content (AvgIpc) is 3.19. The number of nitrogens with zero attached hydrogens (tertiary/aromatic N) is 3. The van der Waals surface area contributed by atoms with E-state index < -0.39 is 0 Å². The van der Waals surface area contributed by atoms with Crippen molar-refractivity contribution in [3.05, 3.63) is 46.7 Å². The molecule has 0 saturated carbocycles. The van der Waals surface area contributed by atoms with Crippen LogP contribution in [0.15, 0.2) is 36.0 Å². The van der Waals surface area contributed by atoms with Crippen LogP contribution in [-0.4, -0.2) is 26.1 Å². The molecule has 2 N–H and O–H groups in total. The molecule has 22 heavy (non-hydrogen) atoms. The van der Waals surface area contributed by atoms with Gasteiger partial charge in [-0.25, -0.2) is 9.97 Å². The van der Waals surface area contributed by atoms with Crippen molar-refractivity contribution in [2.75, 3.05) is 5.32 Å². The Labute approximate surface area is 131 Å². The monoisotopic (exact) mass is 313 g/mol. The third kappa shape index (κ3) is 3.04. The van der Waals surface area contributed by atoms with E-state index in [4.69, 9.17) is 0 Å². The van der Waals surface area contributed by atoms with Crippen LogP contribution in [0.3, 0.4) is 0 Å². The molecule has 1 amide bonds. The minimum atomic E-state index is -0.210. The van der Waals surface area contributed by atoms with Crippen molar-refractivity contribution in [2.45, 2.75) is 19.8 Å². The Balaban J connectivity index is 1.77. The molecule has 6 nitrogen and oxygen atoms in total. The van der Waals surface area contributed by atoms with E-state index in [1.165, 1.54) is 17.7 Å². The quantitative estimate of drug-likeness (QED) is 0.774. The number of thiazole rings is 1. The Hall–Kier alpha value is -2.54. The van der Waals surface area contributed by atoms with Crippen LogP contribution in [0.2, 0.25) is 0 Å². The highest BCUT2D eigenvalue weighted by Crippen LogP contribution is 2.21. The topological polar surface area (TPSA) is 83.6 Å². The van der Waals surface area contributed by atoms with Crippen LogP contribution in [0, 0.1) is 0 Å². The first-order chi connectivity index (χ1) is 10.6. The van der Waals surface area contributed by atoms with E-state index in [1.54, 1.807) is 5.38 Å². The summed E-state index contributed by atoms with van der Waals surface area (Å²) >= 11 is 1.50. The highest BCUT2D eigenvalue weighted by Gasteiger charge is 2.13. The van der Waals surface area contributed by atoms with Crippen LogP contribution >= 0.6 is 11.3 Å². The maximum atomic E-state index is 12.2. The largest absolute Gasteiger partial charge is 0.321 e. The molecular formula is C15H15N5OS. The van der Waals surface area contributed by atoms with E-state index in [9.17, 15) is 4.79 Å². The second-order valence-corrected chi connectivity index (χ2v) is 5.98. The number of amides is 1. The molecule has 0 spiro atoms. The third-order valence-electron chi connectivity index (χ3n) is 3.06. The summed E-state index contributed by atoms with van der Waals surface area (Å²) in [7, 11) is 0. The molecule has 1 aromatic carbocycles. The predicted octanol–water partition coefficient (Wildman–Crippen LogP) is 3.30. The van der Waals surface area contributed by atoms with Gasteiger partial charge in [0.15, 0.2) is 5.82 Å². The molecule has 112 valence electrons. The Morgan fingerprint density at radius 3 is 2.91 bits per heavy atom. The molecule has 0 unspecified atom stereocenters. The Kier molecular flexibility index (Phi) is 3.97. The van der Waals surface area contributed by atoms with E-state index in [0.29, 0.717) is 23.1 Å². The fraction of sp³-hybridized carbons (Fsp3) is 0.200. The summed E-state index contributed by atoms with van der Waals surface area (Å²) < 4.78 is 0. The number of carbonyl (C=O) groups excluding carboxylic acids is 1. The van der Waals surface area contributed by atoms with Crippen LogP contribution in [-0.2, 0) is 0 Å². The summed E-state index contributed by atoms with van der Waals surface area (Å²) in [4.78, 5) is 20.7. The number of hydrogen-bond donors (Lipinski definition) is 2. The van der Waals surface area contributed by atoms with Gasteiger partial charge in [-0.2, -0.15) is 5.10 Å².